The Bertz CT molecular complexity index is 337. The molecule has 2 rings (SSSR count). The molecule has 1 aliphatic carbocycles. The Morgan fingerprint density at radius 3 is 2.44 bits per heavy atom. The summed E-state index contributed by atoms with van der Waals surface area (Å²) in [5.41, 5.74) is 7.94. The smallest absolute Gasteiger partial charge is 0.0935 e. The molecule has 3 nitrogen and oxygen atoms in total. The molecule has 0 aromatic carbocycles. The zero-order valence-corrected chi connectivity index (χ0v) is 11.7. The van der Waals surface area contributed by atoms with Crippen LogP contribution < -0.4 is 5.73 Å². The van der Waals surface area contributed by atoms with Gasteiger partial charge in [-0.15, -0.1) is 0 Å². The van der Waals surface area contributed by atoms with E-state index in [9.17, 15) is 0 Å². The van der Waals surface area contributed by atoms with Gasteiger partial charge in [0.2, 0.25) is 0 Å². The van der Waals surface area contributed by atoms with Gasteiger partial charge in [0, 0.05) is 11.6 Å². The molecule has 1 atom stereocenters. The molecular weight excluding hydrogens is 224 g/mol. The summed E-state index contributed by atoms with van der Waals surface area (Å²) < 4.78 is 5.15. The molecule has 102 valence electrons. The van der Waals surface area contributed by atoms with Crippen LogP contribution in [0.1, 0.15) is 44.1 Å². The average molecular weight is 250 g/mol. The highest BCUT2D eigenvalue weighted by molar-refractivity contribution is 5.11. The summed E-state index contributed by atoms with van der Waals surface area (Å²) in [4.78, 5) is 2.36. The minimum absolute atomic E-state index is 0.160. The molecule has 2 N–H and O–H groups in total. The number of nitrogens with two attached hydrogens (primary N) is 1. The van der Waals surface area contributed by atoms with Crippen LogP contribution in [-0.2, 0) is 6.42 Å². The molecule has 0 amide bonds. The van der Waals surface area contributed by atoms with E-state index in [4.69, 9.17) is 10.2 Å². The van der Waals surface area contributed by atoms with Crippen LogP contribution in [0.25, 0.3) is 0 Å². The Hall–Kier alpha value is -0.800. The van der Waals surface area contributed by atoms with E-state index in [1.165, 1.54) is 44.1 Å². The zero-order valence-electron chi connectivity index (χ0n) is 11.7. The van der Waals surface area contributed by atoms with Crippen molar-refractivity contribution in [3.8, 4) is 0 Å². The van der Waals surface area contributed by atoms with Crippen molar-refractivity contribution in [1.29, 1.82) is 0 Å². The van der Waals surface area contributed by atoms with E-state index in [2.05, 4.69) is 19.0 Å². The first-order valence-corrected chi connectivity index (χ1v) is 7.09. The van der Waals surface area contributed by atoms with Crippen molar-refractivity contribution in [3.05, 3.63) is 24.2 Å². The maximum absolute atomic E-state index is 6.56. The van der Waals surface area contributed by atoms with Crippen LogP contribution >= 0.6 is 0 Å². The van der Waals surface area contributed by atoms with Crippen molar-refractivity contribution < 1.29 is 4.42 Å². The van der Waals surface area contributed by atoms with E-state index in [0.29, 0.717) is 0 Å². The van der Waals surface area contributed by atoms with Crippen molar-refractivity contribution in [2.45, 2.75) is 56.5 Å². The van der Waals surface area contributed by atoms with Crippen LogP contribution in [-0.4, -0.2) is 30.6 Å². The van der Waals surface area contributed by atoms with Crippen molar-refractivity contribution in [2.75, 3.05) is 14.1 Å². The normalized spacial score (nSPS) is 21.8. The molecule has 1 fully saturated rings. The number of rotatable bonds is 4. The molecule has 0 radical (unpaired) electrons. The van der Waals surface area contributed by atoms with Gasteiger partial charge < -0.3 is 15.1 Å². The Morgan fingerprint density at radius 2 is 1.94 bits per heavy atom. The highest BCUT2D eigenvalue weighted by Gasteiger charge is 2.38. The third kappa shape index (κ3) is 2.78. The van der Waals surface area contributed by atoms with Crippen molar-refractivity contribution >= 4 is 0 Å². The molecule has 18 heavy (non-hydrogen) atoms. The second-order valence-electron chi connectivity index (χ2n) is 5.85. The number of hydrogen-bond donors (Lipinski definition) is 1. The third-order valence-electron chi connectivity index (χ3n) is 4.59. The molecule has 0 saturated heterocycles. The fourth-order valence-corrected chi connectivity index (χ4v) is 3.34. The van der Waals surface area contributed by atoms with E-state index < -0.39 is 0 Å². The van der Waals surface area contributed by atoms with Gasteiger partial charge in [-0.1, -0.05) is 25.7 Å². The summed E-state index contributed by atoms with van der Waals surface area (Å²) in [6.45, 7) is 0. The molecule has 0 spiro atoms. The highest BCUT2D eigenvalue weighted by Crippen LogP contribution is 2.34. The maximum atomic E-state index is 6.56. The standard InChI is InChI=1S/C15H26N2O/c1-17(2)15(8-5-3-4-6-9-15)14(16)11-13-7-10-18-12-13/h7,10,12,14H,3-6,8-9,11,16H2,1-2H3. The lowest BCUT2D eigenvalue weighted by Crippen LogP contribution is -2.58. The van der Waals surface area contributed by atoms with Crippen LogP contribution in [0.3, 0.4) is 0 Å². The minimum atomic E-state index is 0.160. The Balaban J connectivity index is 2.12. The largest absolute Gasteiger partial charge is 0.472 e. The average Bonchev–Trinajstić information content (AvgIpc) is 2.70. The predicted molar refractivity (Wildman–Crippen MR) is 74.5 cm³/mol. The van der Waals surface area contributed by atoms with Crippen LogP contribution in [0.5, 0.6) is 0 Å². The molecule has 0 bridgehead atoms. The van der Waals surface area contributed by atoms with E-state index in [-0.39, 0.29) is 11.6 Å². The quantitative estimate of drug-likeness (QED) is 0.836. The molecule has 1 heterocycles. The van der Waals surface area contributed by atoms with Gasteiger partial charge in [-0.3, -0.25) is 0 Å². The fourth-order valence-electron chi connectivity index (χ4n) is 3.34. The predicted octanol–water partition coefficient (Wildman–Crippen LogP) is 2.80. The Morgan fingerprint density at radius 1 is 1.28 bits per heavy atom. The molecule has 3 heteroatoms. The second kappa shape index (κ2) is 5.89. The van der Waals surface area contributed by atoms with Gasteiger partial charge in [-0.2, -0.15) is 0 Å². The van der Waals surface area contributed by atoms with Gasteiger partial charge in [0.25, 0.3) is 0 Å². The summed E-state index contributed by atoms with van der Waals surface area (Å²) in [6, 6.07) is 2.21. The van der Waals surface area contributed by atoms with E-state index in [1.807, 2.05) is 12.3 Å². The number of furan rings is 1. The third-order valence-corrected chi connectivity index (χ3v) is 4.59. The summed E-state index contributed by atoms with van der Waals surface area (Å²) in [5.74, 6) is 0. The monoisotopic (exact) mass is 250 g/mol. The van der Waals surface area contributed by atoms with Crippen LogP contribution in [0.4, 0.5) is 0 Å². The summed E-state index contributed by atoms with van der Waals surface area (Å²) in [7, 11) is 4.36. The SMILES string of the molecule is CN(C)C1(C(N)Cc2ccoc2)CCCCCC1. The molecule has 1 aliphatic rings. The summed E-state index contributed by atoms with van der Waals surface area (Å²) in [5, 5.41) is 0. The number of nitrogens with zero attached hydrogens (tertiary/aromatic N) is 1. The van der Waals surface area contributed by atoms with Crippen molar-refractivity contribution in [2.24, 2.45) is 5.73 Å². The molecule has 1 aromatic rings. The molecule has 1 unspecified atom stereocenters. The first kappa shape index (κ1) is 13.6. The number of likely N-dealkylation sites (N-methyl/N-ethyl adjacent to an activating group) is 1. The van der Waals surface area contributed by atoms with E-state index >= 15 is 0 Å². The van der Waals surface area contributed by atoms with Gasteiger partial charge in [-0.25, -0.2) is 0 Å². The molecule has 1 aromatic heterocycles. The van der Waals surface area contributed by atoms with Crippen molar-refractivity contribution in [3.63, 3.8) is 0 Å². The van der Waals surface area contributed by atoms with Gasteiger partial charge in [0.1, 0.15) is 0 Å². The van der Waals surface area contributed by atoms with Gasteiger partial charge in [0.05, 0.1) is 12.5 Å². The first-order chi connectivity index (χ1) is 8.65. The fraction of sp³-hybridized carbons (Fsp3) is 0.733. The molecule has 1 saturated carbocycles. The Kier molecular flexibility index (Phi) is 4.46. The first-order valence-electron chi connectivity index (χ1n) is 7.09. The van der Waals surface area contributed by atoms with Crippen LogP contribution in [0.15, 0.2) is 23.0 Å². The van der Waals surface area contributed by atoms with Gasteiger partial charge in [0.15, 0.2) is 0 Å². The topological polar surface area (TPSA) is 42.4 Å². The van der Waals surface area contributed by atoms with Crippen molar-refractivity contribution in [1.82, 2.24) is 4.90 Å². The highest BCUT2D eigenvalue weighted by atomic mass is 16.3. The molecular formula is C15H26N2O. The van der Waals surface area contributed by atoms with E-state index in [1.54, 1.807) is 6.26 Å². The lowest BCUT2D eigenvalue weighted by molar-refractivity contribution is 0.0967. The van der Waals surface area contributed by atoms with E-state index in [0.717, 1.165) is 6.42 Å². The van der Waals surface area contributed by atoms with Crippen LogP contribution in [0.2, 0.25) is 0 Å². The lowest BCUT2D eigenvalue weighted by Gasteiger charge is -2.44. The lowest BCUT2D eigenvalue weighted by atomic mass is 9.79. The molecule has 0 aliphatic heterocycles. The van der Waals surface area contributed by atoms with Crippen LogP contribution in [0, 0.1) is 0 Å². The summed E-state index contributed by atoms with van der Waals surface area (Å²) in [6.07, 6.45) is 12.2. The van der Waals surface area contributed by atoms with Gasteiger partial charge in [-0.05, 0) is 45.0 Å². The maximum Gasteiger partial charge on any atom is 0.0935 e. The number of hydrogen-bond acceptors (Lipinski definition) is 3. The van der Waals surface area contributed by atoms with Gasteiger partial charge >= 0.3 is 0 Å². The Labute approximate surface area is 110 Å². The summed E-state index contributed by atoms with van der Waals surface area (Å²) >= 11 is 0. The zero-order chi connectivity index (χ0) is 13.0. The second-order valence-corrected chi connectivity index (χ2v) is 5.85. The minimum Gasteiger partial charge on any atom is -0.472 e.